The molecule has 0 aromatic heterocycles. The summed E-state index contributed by atoms with van der Waals surface area (Å²) in [7, 11) is 0. The largest absolute Gasteiger partial charge is 0.372 e. The standard InChI is InChI=1S/C16H29BrO/c1-4-5-12-6-7-15(17)13(10-12)11-14-8-9-16(2,3)18-14/h12-15H,4-11H2,1-3H3. The second-order valence-corrected chi connectivity index (χ2v) is 8.19. The third kappa shape index (κ3) is 3.96. The maximum atomic E-state index is 6.17. The van der Waals surface area contributed by atoms with Gasteiger partial charge in [-0.3, -0.25) is 0 Å². The number of alkyl halides is 1. The summed E-state index contributed by atoms with van der Waals surface area (Å²) in [6.07, 6.45) is 11.3. The highest BCUT2D eigenvalue weighted by Gasteiger charge is 2.36. The summed E-state index contributed by atoms with van der Waals surface area (Å²) in [6, 6.07) is 0. The topological polar surface area (TPSA) is 9.23 Å². The van der Waals surface area contributed by atoms with Crippen LogP contribution in [0, 0.1) is 11.8 Å². The van der Waals surface area contributed by atoms with Crippen molar-refractivity contribution in [2.75, 3.05) is 0 Å². The minimum Gasteiger partial charge on any atom is -0.372 e. The molecule has 0 N–H and O–H groups in total. The zero-order valence-electron chi connectivity index (χ0n) is 12.3. The Kier molecular flexibility index (Phi) is 5.16. The Balaban J connectivity index is 1.83. The summed E-state index contributed by atoms with van der Waals surface area (Å²) >= 11 is 3.91. The fourth-order valence-corrected chi connectivity index (χ4v) is 4.52. The van der Waals surface area contributed by atoms with Gasteiger partial charge in [0.25, 0.3) is 0 Å². The maximum Gasteiger partial charge on any atom is 0.0631 e. The van der Waals surface area contributed by atoms with Gasteiger partial charge in [-0.25, -0.2) is 0 Å². The average Bonchev–Trinajstić information content (AvgIpc) is 2.63. The molecule has 1 saturated heterocycles. The third-order valence-electron chi connectivity index (χ3n) is 4.81. The fourth-order valence-electron chi connectivity index (χ4n) is 3.82. The van der Waals surface area contributed by atoms with E-state index in [1.165, 1.54) is 51.4 Å². The van der Waals surface area contributed by atoms with Crippen molar-refractivity contribution < 1.29 is 4.74 Å². The first-order valence-corrected chi connectivity index (χ1v) is 8.73. The molecule has 1 aliphatic heterocycles. The highest BCUT2D eigenvalue weighted by atomic mass is 79.9. The van der Waals surface area contributed by atoms with E-state index >= 15 is 0 Å². The van der Waals surface area contributed by atoms with E-state index in [1.807, 2.05) is 0 Å². The average molecular weight is 317 g/mol. The van der Waals surface area contributed by atoms with Crippen LogP contribution in [-0.2, 0) is 4.74 Å². The van der Waals surface area contributed by atoms with Gasteiger partial charge in [0, 0.05) is 4.83 Å². The van der Waals surface area contributed by atoms with E-state index in [2.05, 4.69) is 36.7 Å². The van der Waals surface area contributed by atoms with Crippen LogP contribution in [0.1, 0.15) is 72.1 Å². The van der Waals surface area contributed by atoms with E-state index in [-0.39, 0.29) is 5.60 Å². The van der Waals surface area contributed by atoms with Crippen molar-refractivity contribution in [2.45, 2.75) is 88.7 Å². The second-order valence-electron chi connectivity index (χ2n) is 7.02. The van der Waals surface area contributed by atoms with Gasteiger partial charge in [0.05, 0.1) is 11.7 Å². The number of hydrogen-bond acceptors (Lipinski definition) is 1. The molecule has 1 heterocycles. The Morgan fingerprint density at radius 2 is 2.00 bits per heavy atom. The summed E-state index contributed by atoms with van der Waals surface area (Å²) in [5.41, 5.74) is 0.129. The molecule has 4 atom stereocenters. The normalized spacial score (nSPS) is 40.0. The molecule has 1 nitrogen and oxygen atoms in total. The molecule has 4 unspecified atom stereocenters. The first-order chi connectivity index (χ1) is 8.50. The summed E-state index contributed by atoms with van der Waals surface area (Å²) < 4.78 is 6.17. The Hall–Kier alpha value is 0.440. The molecule has 2 rings (SSSR count). The Labute approximate surface area is 121 Å². The maximum absolute atomic E-state index is 6.17. The van der Waals surface area contributed by atoms with E-state index < -0.39 is 0 Å². The van der Waals surface area contributed by atoms with Crippen LogP contribution in [0.25, 0.3) is 0 Å². The molecule has 18 heavy (non-hydrogen) atoms. The van der Waals surface area contributed by atoms with Crippen LogP contribution < -0.4 is 0 Å². The molecule has 0 aromatic carbocycles. The molecule has 0 bridgehead atoms. The van der Waals surface area contributed by atoms with Crippen molar-refractivity contribution >= 4 is 15.9 Å². The molecule has 0 spiro atoms. The third-order valence-corrected chi connectivity index (χ3v) is 6.02. The zero-order chi connectivity index (χ0) is 13.2. The van der Waals surface area contributed by atoms with Gasteiger partial charge in [-0.2, -0.15) is 0 Å². The highest BCUT2D eigenvalue weighted by Crippen LogP contribution is 2.41. The van der Waals surface area contributed by atoms with Crippen LogP contribution in [0.3, 0.4) is 0 Å². The lowest BCUT2D eigenvalue weighted by Crippen LogP contribution is -2.29. The zero-order valence-corrected chi connectivity index (χ0v) is 13.8. The monoisotopic (exact) mass is 316 g/mol. The summed E-state index contributed by atoms with van der Waals surface area (Å²) in [5.74, 6) is 1.82. The quantitative estimate of drug-likeness (QED) is 0.638. The van der Waals surface area contributed by atoms with Gasteiger partial charge < -0.3 is 4.74 Å². The minimum absolute atomic E-state index is 0.129. The van der Waals surface area contributed by atoms with E-state index in [9.17, 15) is 0 Å². The second kappa shape index (κ2) is 6.26. The smallest absolute Gasteiger partial charge is 0.0631 e. The molecule has 1 aliphatic carbocycles. The molecule has 2 fully saturated rings. The van der Waals surface area contributed by atoms with Gasteiger partial charge in [-0.05, 0) is 64.2 Å². The lowest BCUT2D eigenvalue weighted by Gasteiger charge is -2.35. The molecule has 0 radical (unpaired) electrons. The van der Waals surface area contributed by atoms with Crippen molar-refractivity contribution in [3.05, 3.63) is 0 Å². The van der Waals surface area contributed by atoms with E-state index in [0.29, 0.717) is 6.10 Å². The number of hydrogen-bond donors (Lipinski definition) is 0. The van der Waals surface area contributed by atoms with E-state index in [1.54, 1.807) is 0 Å². The first-order valence-electron chi connectivity index (χ1n) is 7.82. The van der Waals surface area contributed by atoms with Crippen molar-refractivity contribution in [2.24, 2.45) is 11.8 Å². The number of halogens is 1. The lowest BCUT2D eigenvalue weighted by molar-refractivity contribution is -0.0272. The SMILES string of the molecule is CCCC1CCC(Br)C(CC2CCC(C)(C)O2)C1. The Morgan fingerprint density at radius 3 is 2.61 bits per heavy atom. The minimum atomic E-state index is 0.129. The molecule has 0 aromatic rings. The first kappa shape index (κ1) is 14.8. The van der Waals surface area contributed by atoms with Gasteiger partial charge in [-0.15, -0.1) is 0 Å². The van der Waals surface area contributed by atoms with Gasteiger partial charge in [-0.1, -0.05) is 35.7 Å². The molecule has 1 saturated carbocycles. The van der Waals surface area contributed by atoms with Crippen molar-refractivity contribution in [1.82, 2.24) is 0 Å². The molecule has 2 heteroatoms. The number of ether oxygens (including phenoxy) is 1. The van der Waals surface area contributed by atoms with Crippen molar-refractivity contribution in [1.29, 1.82) is 0 Å². The lowest BCUT2D eigenvalue weighted by atomic mass is 9.77. The summed E-state index contributed by atoms with van der Waals surface area (Å²) in [6.45, 7) is 6.79. The number of rotatable bonds is 4. The van der Waals surface area contributed by atoms with Crippen LogP contribution in [-0.4, -0.2) is 16.5 Å². The van der Waals surface area contributed by atoms with Gasteiger partial charge in [0.2, 0.25) is 0 Å². The molecular weight excluding hydrogens is 288 g/mol. The summed E-state index contributed by atoms with van der Waals surface area (Å²) in [5, 5.41) is 0. The van der Waals surface area contributed by atoms with E-state index in [0.717, 1.165) is 16.7 Å². The Morgan fingerprint density at radius 1 is 1.22 bits per heavy atom. The van der Waals surface area contributed by atoms with Crippen molar-refractivity contribution in [3.8, 4) is 0 Å². The van der Waals surface area contributed by atoms with Crippen LogP contribution >= 0.6 is 15.9 Å². The molecule has 106 valence electrons. The van der Waals surface area contributed by atoms with Gasteiger partial charge >= 0.3 is 0 Å². The molecule has 0 amide bonds. The van der Waals surface area contributed by atoms with Crippen LogP contribution in [0.5, 0.6) is 0 Å². The van der Waals surface area contributed by atoms with Crippen LogP contribution in [0.15, 0.2) is 0 Å². The Bertz CT molecular complexity index is 264. The van der Waals surface area contributed by atoms with Crippen LogP contribution in [0.2, 0.25) is 0 Å². The highest BCUT2D eigenvalue weighted by molar-refractivity contribution is 9.09. The van der Waals surface area contributed by atoms with Gasteiger partial charge in [0.1, 0.15) is 0 Å². The van der Waals surface area contributed by atoms with Crippen LogP contribution in [0.4, 0.5) is 0 Å². The van der Waals surface area contributed by atoms with Crippen molar-refractivity contribution in [3.63, 3.8) is 0 Å². The molecule has 2 aliphatic rings. The predicted molar refractivity (Wildman–Crippen MR) is 81.3 cm³/mol. The molecular formula is C16H29BrO. The fraction of sp³-hybridized carbons (Fsp3) is 1.00. The van der Waals surface area contributed by atoms with Gasteiger partial charge in [0.15, 0.2) is 0 Å². The summed E-state index contributed by atoms with van der Waals surface area (Å²) in [4.78, 5) is 0.734. The van der Waals surface area contributed by atoms with E-state index in [4.69, 9.17) is 4.74 Å². The predicted octanol–water partition coefficient (Wildman–Crippen LogP) is 5.31.